The van der Waals surface area contributed by atoms with Crippen molar-refractivity contribution in [2.75, 3.05) is 32.7 Å². The quantitative estimate of drug-likeness (QED) is 0.846. The van der Waals surface area contributed by atoms with Gasteiger partial charge in [-0.15, -0.1) is 0 Å². The number of aliphatic carboxylic acids is 1. The van der Waals surface area contributed by atoms with Gasteiger partial charge in [0.05, 0.1) is 6.42 Å². The van der Waals surface area contributed by atoms with Crippen LogP contribution in [0.15, 0.2) is 0 Å². The zero-order chi connectivity index (χ0) is 13.8. The summed E-state index contributed by atoms with van der Waals surface area (Å²) in [5, 5.41) is 8.73. The maximum absolute atomic E-state index is 10.6. The average Bonchev–Trinajstić information content (AvgIpc) is 2.37. The number of rotatable bonds is 4. The number of carbonyl (C=O) groups is 1. The van der Waals surface area contributed by atoms with Gasteiger partial charge in [-0.3, -0.25) is 9.69 Å². The fourth-order valence-electron chi connectivity index (χ4n) is 3.92. The summed E-state index contributed by atoms with van der Waals surface area (Å²) >= 11 is 0. The zero-order valence-corrected chi connectivity index (χ0v) is 12.3. The van der Waals surface area contributed by atoms with Crippen LogP contribution in [-0.2, 0) is 4.79 Å². The van der Waals surface area contributed by atoms with Crippen LogP contribution < -0.4 is 0 Å². The van der Waals surface area contributed by atoms with Gasteiger partial charge >= 0.3 is 5.97 Å². The first-order valence-electron chi connectivity index (χ1n) is 7.76. The Balaban J connectivity index is 1.80. The van der Waals surface area contributed by atoms with E-state index in [1.54, 1.807) is 0 Å². The van der Waals surface area contributed by atoms with E-state index in [4.69, 9.17) is 5.11 Å². The number of nitrogens with zero attached hydrogens (tertiary/aromatic N) is 2. The summed E-state index contributed by atoms with van der Waals surface area (Å²) in [7, 11) is 0. The standard InChI is InChI=1S/C15H28N2O2/c1-12-4-3-5-13(2)15(12)17-10-8-16(9-11-17)7-6-14(18)19/h12-13,15H,3-11H2,1-2H3,(H,18,19). The van der Waals surface area contributed by atoms with E-state index in [1.165, 1.54) is 19.3 Å². The van der Waals surface area contributed by atoms with E-state index in [2.05, 4.69) is 23.6 Å². The van der Waals surface area contributed by atoms with E-state index in [-0.39, 0.29) is 6.42 Å². The molecule has 0 aromatic rings. The highest BCUT2D eigenvalue weighted by atomic mass is 16.4. The predicted molar refractivity (Wildman–Crippen MR) is 76.2 cm³/mol. The molecule has 0 spiro atoms. The highest BCUT2D eigenvalue weighted by molar-refractivity contribution is 5.66. The monoisotopic (exact) mass is 268 g/mol. The molecule has 4 nitrogen and oxygen atoms in total. The molecule has 4 heteroatoms. The van der Waals surface area contributed by atoms with Gasteiger partial charge < -0.3 is 10.0 Å². The Morgan fingerprint density at radius 3 is 2.21 bits per heavy atom. The largest absolute Gasteiger partial charge is 0.481 e. The molecule has 2 atom stereocenters. The molecule has 1 N–H and O–H groups in total. The van der Waals surface area contributed by atoms with Gasteiger partial charge in [-0.05, 0) is 24.7 Å². The molecule has 2 rings (SSSR count). The Morgan fingerprint density at radius 1 is 1.11 bits per heavy atom. The van der Waals surface area contributed by atoms with Crippen LogP contribution in [0.3, 0.4) is 0 Å². The van der Waals surface area contributed by atoms with E-state index in [1.807, 2.05) is 0 Å². The van der Waals surface area contributed by atoms with Crippen LogP contribution in [0, 0.1) is 11.8 Å². The second-order valence-corrected chi connectivity index (χ2v) is 6.40. The molecule has 110 valence electrons. The molecule has 1 saturated carbocycles. The third-order valence-electron chi connectivity index (χ3n) is 4.96. The molecule has 19 heavy (non-hydrogen) atoms. The molecule has 2 aliphatic rings. The molecule has 0 aromatic carbocycles. The highest BCUT2D eigenvalue weighted by Gasteiger charge is 2.33. The Hall–Kier alpha value is -0.610. The van der Waals surface area contributed by atoms with Crippen LogP contribution in [-0.4, -0.2) is 59.6 Å². The Kier molecular flexibility index (Phi) is 5.22. The fourth-order valence-corrected chi connectivity index (χ4v) is 3.92. The van der Waals surface area contributed by atoms with Crippen molar-refractivity contribution >= 4 is 5.97 Å². The Bertz CT molecular complexity index is 291. The van der Waals surface area contributed by atoms with Crippen LogP contribution in [0.2, 0.25) is 0 Å². The average molecular weight is 268 g/mol. The maximum Gasteiger partial charge on any atom is 0.304 e. The minimum atomic E-state index is -0.683. The van der Waals surface area contributed by atoms with Gasteiger partial charge in [0, 0.05) is 38.8 Å². The van der Waals surface area contributed by atoms with Crippen LogP contribution >= 0.6 is 0 Å². The molecule has 2 fully saturated rings. The van der Waals surface area contributed by atoms with Crippen molar-refractivity contribution in [3.63, 3.8) is 0 Å². The lowest BCUT2D eigenvalue weighted by molar-refractivity contribution is -0.137. The van der Waals surface area contributed by atoms with Crippen molar-refractivity contribution in [2.24, 2.45) is 11.8 Å². The predicted octanol–water partition coefficient (Wildman–Crippen LogP) is 1.90. The van der Waals surface area contributed by atoms with Crippen molar-refractivity contribution in [1.29, 1.82) is 0 Å². The smallest absolute Gasteiger partial charge is 0.304 e. The lowest BCUT2D eigenvalue weighted by Crippen LogP contribution is -2.55. The Labute approximate surface area is 116 Å². The molecule has 0 amide bonds. The number of carboxylic acid groups (broad SMARTS) is 1. The van der Waals surface area contributed by atoms with Gasteiger partial charge in [-0.25, -0.2) is 0 Å². The second-order valence-electron chi connectivity index (χ2n) is 6.40. The van der Waals surface area contributed by atoms with Crippen molar-refractivity contribution in [1.82, 2.24) is 9.80 Å². The van der Waals surface area contributed by atoms with E-state index in [0.29, 0.717) is 6.54 Å². The number of piperazine rings is 1. The van der Waals surface area contributed by atoms with Crippen molar-refractivity contribution in [2.45, 2.75) is 45.6 Å². The topological polar surface area (TPSA) is 43.8 Å². The van der Waals surface area contributed by atoms with E-state index < -0.39 is 5.97 Å². The minimum absolute atomic E-state index is 0.274. The lowest BCUT2D eigenvalue weighted by Gasteiger charge is -2.46. The lowest BCUT2D eigenvalue weighted by atomic mass is 9.77. The summed E-state index contributed by atoms with van der Waals surface area (Å²) in [5.74, 6) is 0.945. The molecular weight excluding hydrogens is 240 g/mol. The molecule has 0 radical (unpaired) electrons. The molecule has 1 aliphatic carbocycles. The van der Waals surface area contributed by atoms with Crippen molar-refractivity contribution in [3.05, 3.63) is 0 Å². The fraction of sp³-hybridized carbons (Fsp3) is 0.933. The molecule has 0 bridgehead atoms. The van der Waals surface area contributed by atoms with Crippen LogP contribution in [0.1, 0.15) is 39.5 Å². The second kappa shape index (κ2) is 6.71. The van der Waals surface area contributed by atoms with Crippen molar-refractivity contribution in [3.8, 4) is 0 Å². The zero-order valence-electron chi connectivity index (χ0n) is 12.3. The van der Waals surface area contributed by atoms with Gasteiger partial charge in [0.1, 0.15) is 0 Å². The first-order valence-corrected chi connectivity index (χ1v) is 7.76. The summed E-state index contributed by atoms with van der Waals surface area (Å²) in [4.78, 5) is 15.6. The summed E-state index contributed by atoms with van der Waals surface area (Å²) in [6.07, 6.45) is 4.40. The first-order chi connectivity index (χ1) is 9.08. The summed E-state index contributed by atoms with van der Waals surface area (Å²) in [5.41, 5.74) is 0. The van der Waals surface area contributed by atoms with Gasteiger partial charge in [0.15, 0.2) is 0 Å². The minimum Gasteiger partial charge on any atom is -0.481 e. The molecule has 1 heterocycles. The Morgan fingerprint density at radius 2 is 1.68 bits per heavy atom. The summed E-state index contributed by atoms with van der Waals surface area (Å²) < 4.78 is 0. The van der Waals surface area contributed by atoms with E-state index >= 15 is 0 Å². The number of carboxylic acids is 1. The van der Waals surface area contributed by atoms with Gasteiger partial charge in [0.2, 0.25) is 0 Å². The van der Waals surface area contributed by atoms with Crippen molar-refractivity contribution < 1.29 is 9.90 Å². The molecule has 2 unspecified atom stereocenters. The van der Waals surface area contributed by atoms with E-state index in [9.17, 15) is 4.79 Å². The first kappa shape index (κ1) is 14.8. The SMILES string of the molecule is CC1CCCC(C)C1N1CCN(CCC(=O)O)CC1. The number of hydrogen-bond donors (Lipinski definition) is 1. The van der Waals surface area contributed by atoms with Crippen LogP contribution in [0.25, 0.3) is 0 Å². The van der Waals surface area contributed by atoms with Gasteiger partial charge in [-0.1, -0.05) is 20.3 Å². The third-order valence-corrected chi connectivity index (χ3v) is 4.96. The van der Waals surface area contributed by atoms with E-state index in [0.717, 1.165) is 44.1 Å². The van der Waals surface area contributed by atoms with Crippen LogP contribution in [0.4, 0.5) is 0 Å². The van der Waals surface area contributed by atoms with Gasteiger partial charge in [0.25, 0.3) is 0 Å². The normalized spacial score (nSPS) is 34.3. The third kappa shape index (κ3) is 3.93. The molecular formula is C15H28N2O2. The number of hydrogen-bond acceptors (Lipinski definition) is 3. The molecule has 1 saturated heterocycles. The summed E-state index contributed by atoms with van der Waals surface area (Å²) in [6.45, 7) is 9.79. The van der Waals surface area contributed by atoms with Gasteiger partial charge in [-0.2, -0.15) is 0 Å². The molecule has 1 aliphatic heterocycles. The molecule has 0 aromatic heterocycles. The van der Waals surface area contributed by atoms with Crippen LogP contribution in [0.5, 0.6) is 0 Å². The highest BCUT2D eigenvalue weighted by Crippen LogP contribution is 2.33. The maximum atomic E-state index is 10.6. The summed E-state index contributed by atoms with van der Waals surface area (Å²) in [6, 6.07) is 0.746.